The number of carbonyl (C=O) groups excluding carboxylic acids is 1. The molecule has 1 unspecified atom stereocenters. The average molecular weight is 616 g/mol. The van der Waals surface area contributed by atoms with Crippen molar-refractivity contribution in [3.05, 3.63) is 106 Å². The number of hydrogen-bond acceptors (Lipinski definition) is 6. The molecule has 1 atom stereocenters. The Balaban J connectivity index is 1.29. The lowest BCUT2D eigenvalue weighted by Gasteiger charge is -2.10. The molecule has 222 valence electrons. The number of aromatic nitrogens is 4. The number of aryl methyl sites for hydroxylation is 2. The van der Waals surface area contributed by atoms with Crippen LogP contribution in [0.3, 0.4) is 0 Å². The molecule has 0 N–H and O–H groups in total. The first-order valence-corrected chi connectivity index (χ1v) is 14.2. The van der Waals surface area contributed by atoms with Crippen molar-refractivity contribution in [2.45, 2.75) is 32.5 Å². The van der Waals surface area contributed by atoms with E-state index in [1.165, 1.54) is 52.8 Å². The van der Waals surface area contributed by atoms with Crippen LogP contribution in [-0.2, 0) is 6.42 Å². The number of nitrogens with zero attached hydrogens (tertiary/aromatic N) is 7. The number of urea groups is 1. The Morgan fingerprint density at radius 2 is 1.84 bits per heavy atom. The third-order valence-corrected chi connectivity index (χ3v) is 7.46. The Morgan fingerprint density at radius 1 is 1.11 bits per heavy atom. The van der Waals surface area contributed by atoms with E-state index in [9.17, 15) is 23.2 Å². The lowest BCUT2D eigenvalue weighted by atomic mass is 10.0. The minimum Gasteiger partial charge on any atom is -0.406 e. The molecule has 0 aliphatic carbocycles. The van der Waals surface area contributed by atoms with E-state index in [1.54, 1.807) is 24.3 Å². The molecule has 0 saturated heterocycles. The molecule has 2 aromatic heterocycles. The van der Waals surface area contributed by atoms with Crippen LogP contribution in [0.5, 0.6) is 5.75 Å². The predicted octanol–water partition coefficient (Wildman–Crippen LogP) is 6.95. The van der Waals surface area contributed by atoms with Gasteiger partial charge in [-0.3, -0.25) is 4.57 Å². The number of amides is 2. The number of ether oxygens (including phenoxy) is 1. The van der Waals surface area contributed by atoms with Gasteiger partial charge < -0.3 is 4.74 Å². The number of benzene rings is 3. The van der Waals surface area contributed by atoms with Gasteiger partial charge in [-0.25, -0.2) is 19.5 Å². The van der Waals surface area contributed by atoms with Crippen molar-refractivity contribution in [1.29, 1.82) is 5.26 Å². The molecular weight excluding hydrogens is 591 g/mol. The highest BCUT2D eigenvalue weighted by Gasteiger charge is 2.31. The SMILES string of the molecule is CCc1ccccc1-n1c(C)csc1=NC(=O)N=CC(C#N)c1ccc(-c2ncn(-c3ccc(OC(F)(F)F)cc3)n2)cc1. The van der Waals surface area contributed by atoms with E-state index in [2.05, 4.69) is 37.8 Å². The summed E-state index contributed by atoms with van der Waals surface area (Å²) >= 11 is 1.33. The first-order chi connectivity index (χ1) is 21.1. The number of para-hydroxylation sites is 1. The van der Waals surface area contributed by atoms with Gasteiger partial charge in [0.2, 0.25) is 0 Å². The molecule has 9 nitrogen and oxygen atoms in total. The van der Waals surface area contributed by atoms with Crippen LogP contribution < -0.4 is 9.54 Å². The van der Waals surface area contributed by atoms with Crippen molar-refractivity contribution in [2.75, 3.05) is 0 Å². The summed E-state index contributed by atoms with van der Waals surface area (Å²) in [7, 11) is 0. The van der Waals surface area contributed by atoms with Gasteiger partial charge in [0.1, 0.15) is 18.0 Å². The van der Waals surface area contributed by atoms with Gasteiger partial charge in [-0.2, -0.15) is 10.3 Å². The van der Waals surface area contributed by atoms with Crippen molar-refractivity contribution in [1.82, 2.24) is 19.3 Å². The molecule has 0 aliphatic rings. The fourth-order valence-electron chi connectivity index (χ4n) is 4.39. The largest absolute Gasteiger partial charge is 0.573 e. The third-order valence-electron chi connectivity index (χ3n) is 6.51. The molecule has 0 radical (unpaired) electrons. The van der Waals surface area contributed by atoms with Gasteiger partial charge in [0.05, 0.1) is 17.4 Å². The average Bonchev–Trinajstić information content (AvgIpc) is 3.64. The fraction of sp³-hybridized carbons (Fsp3) is 0.161. The second-order valence-electron chi connectivity index (χ2n) is 9.43. The molecule has 0 spiro atoms. The minimum absolute atomic E-state index is 0.342. The molecule has 0 fully saturated rings. The number of alkyl halides is 3. The summed E-state index contributed by atoms with van der Waals surface area (Å²) in [5.74, 6) is -0.775. The van der Waals surface area contributed by atoms with Crippen molar-refractivity contribution >= 4 is 23.6 Å². The molecule has 5 rings (SSSR count). The number of thiazole rings is 1. The van der Waals surface area contributed by atoms with Gasteiger partial charge in [-0.15, -0.1) is 29.6 Å². The normalized spacial score (nSPS) is 12.8. The third kappa shape index (κ3) is 6.99. The summed E-state index contributed by atoms with van der Waals surface area (Å²) in [5, 5.41) is 16.1. The van der Waals surface area contributed by atoms with Crippen LogP contribution in [0.1, 0.15) is 29.7 Å². The van der Waals surface area contributed by atoms with E-state index < -0.39 is 18.3 Å². The fourth-order valence-corrected chi connectivity index (χ4v) is 5.25. The molecule has 0 saturated carbocycles. The molecule has 0 bridgehead atoms. The molecule has 2 heterocycles. The van der Waals surface area contributed by atoms with Gasteiger partial charge in [-0.1, -0.05) is 49.4 Å². The van der Waals surface area contributed by atoms with Crippen LogP contribution in [0.15, 0.2) is 94.5 Å². The molecule has 3 aromatic carbocycles. The highest BCUT2D eigenvalue weighted by Crippen LogP contribution is 2.25. The Morgan fingerprint density at radius 3 is 2.52 bits per heavy atom. The Hall–Kier alpha value is -5.35. The summed E-state index contributed by atoms with van der Waals surface area (Å²) in [6.07, 6.45) is -1.25. The number of nitriles is 1. The number of halogens is 3. The van der Waals surface area contributed by atoms with Crippen LogP contribution in [0.25, 0.3) is 22.8 Å². The molecule has 5 aromatic rings. The van der Waals surface area contributed by atoms with Gasteiger partial charge in [0.15, 0.2) is 10.6 Å². The van der Waals surface area contributed by atoms with Crippen molar-refractivity contribution in [2.24, 2.45) is 9.98 Å². The minimum atomic E-state index is -4.77. The summed E-state index contributed by atoms with van der Waals surface area (Å²) in [5.41, 5.74) is 4.75. The zero-order chi connectivity index (χ0) is 31.3. The second kappa shape index (κ2) is 12.9. The summed E-state index contributed by atoms with van der Waals surface area (Å²) in [4.78, 5) is 25.6. The van der Waals surface area contributed by atoms with E-state index in [-0.39, 0.29) is 5.75 Å². The zero-order valence-electron chi connectivity index (χ0n) is 23.4. The summed E-state index contributed by atoms with van der Waals surface area (Å²) in [6.45, 7) is 4.01. The predicted molar refractivity (Wildman–Crippen MR) is 159 cm³/mol. The van der Waals surface area contributed by atoms with E-state index >= 15 is 0 Å². The van der Waals surface area contributed by atoms with E-state index in [4.69, 9.17) is 0 Å². The van der Waals surface area contributed by atoms with Crippen molar-refractivity contribution in [3.8, 4) is 34.6 Å². The maximum Gasteiger partial charge on any atom is 0.573 e. The van der Waals surface area contributed by atoms with Crippen molar-refractivity contribution in [3.63, 3.8) is 0 Å². The van der Waals surface area contributed by atoms with Crippen LogP contribution in [0, 0.1) is 18.3 Å². The molecule has 0 aliphatic heterocycles. The number of hydrogen-bond donors (Lipinski definition) is 0. The standard InChI is InChI=1S/C31H24F3N7O2S/c1-3-21-6-4-5-7-27(21)41-20(2)18-44-30(41)38-29(42)36-17-24(16-35)22-8-10-23(11-9-22)28-37-19-40(39-28)25-12-14-26(15-13-25)43-31(32,33)34/h4-15,17-19,24H,3H2,1-2H3. The van der Waals surface area contributed by atoms with Gasteiger partial charge in [0.25, 0.3) is 0 Å². The lowest BCUT2D eigenvalue weighted by Crippen LogP contribution is -2.17. The number of carbonyl (C=O) groups is 1. The van der Waals surface area contributed by atoms with Crippen LogP contribution in [0.4, 0.5) is 18.0 Å². The van der Waals surface area contributed by atoms with E-state index in [1.807, 2.05) is 41.1 Å². The number of aliphatic imine (C=N–C) groups is 1. The zero-order valence-corrected chi connectivity index (χ0v) is 24.3. The smallest absolute Gasteiger partial charge is 0.406 e. The maximum atomic E-state index is 12.7. The molecule has 13 heteroatoms. The quantitative estimate of drug-likeness (QED) is 0.184. The first-order valence-electron chi connectivity index (χ1n) is 13.3. The second-order valence-corrected chi connectivity index (χ2v) is 10.3. The molecule has 44 heavy (non-hydrogen) atoms. The Kier molecular flexibility index (Phi) is 8.82. The lowest BCUT2D eigenvalue weighted by molar-refractivity contribution is -0.274. The number of rotatable bonds is 7. The van der Waals surface area contributed by atoms with E-state index in [0.717, 1.165) is 23.4 Å². The Bertz CT molecular complexity index is 1920. The van der Waals surface area contributed by atoms with Crippen LogP contribution in [-0.4, -0.2) is 37.9 Å². The maximum absolute atomic E-state index is 12.7. The van der Waals surface area contributed by atoms with Crippen LogP contribution >= 0.6 is 11.3 Å². The van der Waals surface area contributed by atoms with Crippen molar-refractivity contribution < 1.29 is 22.7 Å². The van der Waals surface area contributed by atoms with Gasteiger partial charge >= 0.3 is 12.4 Å². The summed E-state index contributed by atoms with van der Waals surface area (Å²) < 4.78 is 44.5. The molecular formula is C31H24F3N7O2S. The monoisotopic (exact) mass is 615 g/mol. The van der Waals surface area contributed by atoms with Gasteiger partial charge in [-0.05, 0) is 54.8 Å². The Labute approximate surface area is 253 Å². The van der Waals surface area contributed by atoms with E-state index in [0.29, 0.717) is 27.4 Å². The highest BCUT2D eigenvalue weighted by molar-refractivity contribution is 7.07. The topological polar surface area (TPSA) is 110 Å². The first kappa shape index (κ1) is 30.1. The molecule has 2 amide bonds. The van der Waals surface area contributed by atoms with Crippen LogP contribution in [0.2, 0.25) is 0 Å². The highest BCUT2D eigenvalue weighted by atomic mass is 32.1. The van der Waals surface area contributed by atoms with Gasteiger partial charge in [0, 0.05) is 22.9 Å². The summed E-state index contributed by atoms with van der Waals surface area (Å²) in [6, 6.07) is 21.4.